The molecule has 0 unspecified atom stereocenters. The third-order valence-corrected chi connectivity index (χ3v) is 6.44. The van der Waals surface area contributed by atoms with Gasteiger partial charge in [-0.1, -0.05) is 49.1 Å². The molecule has 2 aromatic rings. The highest BCUT2D eigenvalue weighted by Crippen LogP contribution is 2.20. The lowest BCUT2D eigenvalue weighted by molar-refractivity contribution is -0.142. The van der Waals surface area contributed by atoms with E-state index < -0.39 is 6.04 Å². The first-order chi connectivity index (χ1) is 15.3. The quantitative estimate of drug-likeness (QED) is 0.593. The van der Waals surface area contributed by atoms with Crippen LogP contribution in [0.25, 0.3) is 0 Å². The average molecular weight is 457 g/mol. The van der Waals surface area contributed by atoms with Crippen LogP contribution in [-0.4, -0.2) is 35.4 Å². The maximum Gasteiger partial charge on any atom is 0.261 e. The Labute approximate surface area is 196 Å². The molecule has 1 saturated carbocycles. The number of amides is 2. The zero-order valence-electron chi connectivity index (χ0n) is 19.2. The molecule has 6 heteroatoms. The number of hydrogen-bond donors (Lipinski definition) is 1. The second kappa shape index (κ2) is 11.4. The van der Waals surface area contributed by atoms with Crippen LogP contribution in [0.4, 0.5) is 0 Å². The van der Waals surface area contributed by atoms with Crippen LogP contribution in [0, 0.1) is 13.8 Å². The molecule has 1 atom stereocenters. The van der Waals surface area contributed by atoms with Crippen molar-refractivity contribution in [3.05, 3.63) is 64.2 Å². The first-order valence-corrected chi connectivity index (χ1v) is 11.8. The molecule has 5 nitrogen and oxygen atoms in total. The molecule has 3 rings (SSSR count). The van der Waals surface area contributed by atoms with Crippen LogP contribution >= 0.6 is 11.6 Å². The molecule has 1 N–H and O–H groups in total. The highest BCUT2D eigenvalue weighted by molar-refractivity contribution is 6.30. The van der Waals surface area contributed by atoms with Crippen molar-refractivity contribution >= 4 is 23.4 Å². The van der Waals surface area contributed by atoms with Gasteiger partial charge >= 0.3 is 0 Å². The van der Waals surface area contributed by atoms with E-state index in [0.717, 1.165) is 36.8 Å². The summed E-state index contributed by atoms with van der Waals surface area (Å²) in [4.78, 5) is 27.8. The number of halogens is 1. The van der Waals surface area contributed by atoms with Gasteiger partial charge in [-0.15, -0.1) is 0 Å². The Hall–Kier alpha value is -2.53. The monoisotopic (exact) mass is 456 g/mol. The van der Waals surface area contributed by atoms with E-state index in [-0.39, 0.29) is 31.0 Å². The van der Waals surface area contributed by atoms with Crippen LogP contribution in [0.5, 0.6) is 5.75 Å². The zero-order valence-corrected chi connectivity index (χ0v) is 20.0. The highest BCUT2D eigenvalue weighted by Gasteiger charge is 2.28. The largest absolute Gasteiger partial charge is 0.484 e. The number of ether oxygens (including phenoxy) is 1. The Morgan fingerprint density at radius 3 is 2.53 bits per heavy atom. The predicted octanol–water partition coefficient (Wildman–Crippen LogP) is 5.20. The molecule has 0 radical (unpaired) electrons. The molecule has 0 aliphatic heterocycles. The first kappa shape index (κ1) is 24.1. The molecule has 0 spiro atoms. The van der Waals surface area contributed by atoms with E-state index in [4.69, 9.17) is 16.3 Å². The van der Waals surface area contributed by atoms with Gasteiger partial charge in [-0.2, -0.15) is 0 Å². The van der Waals surface area contributed by atoms with Gasteiger partial charge < -0.3 is 15.0 Å². The fraction of sp³-hybridized carbons (Fsp3) is 0.462. The van der Waals surface area contributed by atoms with Gasteiger partial charge in [-0.25, -0.2) is 0 Å². The molecule has 0 bridgehead atoms. The molecule has 1 aliphatic carbocycles. The second-order valence-electron chi connectivity index (χ2n) is 8.71. The lowest BCUT2D eigenvalue weighted by atomic mass is 9.95. The van der Waals surface area contributed by atoms with Gasteiger partial charge in [0.05, 0.1) is 0 Å². The van der Waals surface area contributed by atoms with Gasteiger partial charge in [0.15, 0.2) is 6.61 Å². The first-order valence-electron chi connectivity index (χ1n) is 11.4. The molecule has 1 aliphatic rings. The van der Waals surface area contributed by atoms with Gasteiger partial charge in [0, 0.05) is 17.6 Å². The zero-order chi connectivity index (χ0) is 23.1. The smallest absolute Gasteiger partial charge is 0.261 e. The summed E-state index contributed by atoms with van der Waals surface area (Å²) in [5.41, 5.74) is 3.14. The predicted molar refractivity (Wildman–Crippen MR) is 128 cm³/mol. The summed E-state index contributed by atoms with van der Waals surface area (Å²) < 4.78 is 5.78. The molecule has 0 aromatic heterocycles. The number of carbonyl (C=O) groups excluding carboxylic acids is 2. The molecule has 0 saturated heterocycles. The maximum atomic E-state index is 13.2. The summed E-state index contributed by atoms with van der Waals surface area (Å²) in [7, 11) is 0. The molecule has 172 valence electrons. The van der Waals surface area contributed by atoms with E-state index in [2.05, 4.69) is 5.32 Å². The van der Waals surface area contributed by atoms with Crippen LogP contribution in [0.15, 0.2) is 42.5 Å². The van der Waals surface area contributed by atoms with E-state index in [1.54, 1.807) is 17.9 Å². The summed E-state index contributed by atoms with van der Waals surface area (Å²) >= 11 is 6.14. The molecule has 32 heavy (non-hydrogen) atoms. The normalized spacial score (nSPS) is 15.1. The fourth-order valence-electron chi connectivity index (χ4n) is 4.02. The molecular weight excluding hydrogens is 424 g/mol. The minimum atomic E-state index is -0.619. The average Bonchev–Trinajstić information content (AvgIpc) is 2.78. The molecule has 0 heterocycles. The van der Waals surface area contributed by atoms with Crippen LogP contribution < -0.4 is 10.1 Å². The van der Waals surface area contributed by atoms with Gasteiger partial charge in [-0.3, -0.25) is 9.59 Å². The minimum Gasteiger partial charge on any atom is -0.484 e. The fourth-order valence-corrected chi connectivity index (χ4v) is 4.23. The van der Waals surface area contributed by atoms with E-state index in [9.17, 15) is 9.59 Å². The van der Waals surface area contributed by atoms with Crippen molar-refractivity contribution in [2.45, 2.75) is 71.5 Å². The summed E-state index contributed by atoms with van der Waals surface area (Å²) in [6, 6.07) is 12.7. The van der Waals surface area contributed by atoms with Crippen molar-refractivity contribution in [2.24, 2.45) is 0 Å². The Kier molecular flexibility index (Phi) is 8.57. The van der Waals surface area contributed by atoms with Crippen LogP contribution in [-0.2, 0) is 16.1 Å². The SMILES string of the molecule is Cc1ccc(OCC(=O)N(Cc2cccc(Cl)c2)[C@@H](C)C(=O)NC2CCCCC2)cc1C. The molecular formula is C26H33ClN2O3. The number of rotatable bonds is 8. The standard InChI is InChI=1S/C26H33ClN2O3/c1-18-12-13-24(14-19(18)2)32-17-25(30)29(16-21-8-7-9-22(27)15-21)20(3)26(31)28-23-10-5-4-6-11-23/h7-9,12-15,20,23H,4-6,10-11,16-17H2,1-3H3,(H,28,31)/t20-/m0/s1. The topological polar surface area (TPSA) is 58.6 Å². The number of hydrogen-bond acceptors (Lipinski definition) is 3. The van der Waals surface area contributed by atoms with Crippen molar-refractivity contribution in [1.82, 2.24) is 10.2 Å². The highest BCUT2D eigenvalue weighted by atomic mass is 35.5. The summed E-state index contributed by atoms with van der Waals surface area (Å²) in [5.74, 6) is 0.274. The molecule has 2 amide bonds. The van der Waals surface area contributed by atoms with E-state index in [0.29, 0.717) is 10.8 Å². The lowest BCUT2D eigenvalue weighted by Crippen LogP contribution is -2.51. The maximum absolute atomic E-state index is 13.2. The number of carbonyl (C=O) groups is 2. The number of nitrogens with one attached hydrogen (secondary N) is 1. The third-order valence-electron chi connectivity index (χ3n) is 6.20. The van der Waals surface area contributed by atoms with Gasteiger partial charge in [0.2, 0.25) is 5.91 Å². The van der Waals surface area contributed by atoms with E-state index in [1.165, 1.54) is 12.0 Å². The Balaban J connectivity index is 1.71. The second-order valence-corrected chi connectivity index (χ2v) is 9.14. The Morgan fingerprint density at radius 1 is 1.09 bits per heavy atom. The Bertz CT molecular complexity index is 940. The summed E-state index contributed by atoms with van der Waals surface area (Å²) in [6.45, 7) is 5.96. The van der Waals surface area contributed by atoms with Crippen LogP contribution in [0.1, 0.15) is 55.7 Å². The third kappa shape index (κ3) is 6.73. The molecule has 2 aromatic carbocycles. The minimum absolute atomic E-state index is 0.126. The summed E-state index contributed by atoms with van der Waals surface area (Å²) in [6.07, 6.45) is 5.48. The molecule has 1 fully saturated rings. The lowest BCUT2D eigenvalue weighted by Gasteiger charge is -2.31. The number of nitrogens with zero attached hydrogens (tertiary/aromatic N) is 1. The van der Waals surface area contributed by atoms with Crippen LogP contribution in [0.2, 0.25) is 5.02 Å². The number of benzene rings is 2. The van der Waals surface area contributed by atoms with Crippen molar-refractivity contribution in [3.63, 3.8) is 0 Å². The van der Waals surface area contributed by atoms with Crippen molar-refractivity contribution < 1.29 is 14.3 Å². The van der Waals surface area contributed by atoms with Gasteiger partial charge in [0.1, 0.15) is 11.8 Å². The van der Waals surface area contributed by atoms with Gasteiger partial charge in [-0.05, 0) is 74.6 Å². The van der Waals surface area contributed by atoms with E-state index in [1.807, 2.05) is 50.2 Å². The van der Waals surface area contributed by atoms with Crippen molar-refractivity contribution in [2.75, 3.05) is 6.61 Å². The van der Waals surface area contributed by atoms with E-state index >= 15 is 0 Å². The number of aryl methyl sites for hydroxylation is 2. The van der Waals surface area contributed by atoms with Crippen molar-refractivity contribution in [1.29, 1.82) is 0 Å². The van der Waals surface area contributed by atoms with Gasteiger partial charge in [0.25, 0.3) is 5.91 Å². The Morgan fingerprint density at radius 2 is 1.84 bits per heavy atom. The van der Waals surface area contributed by atoms with Crippen LogP contribution in [0.3, 0.4) is 0 Å². The van der Waals surface area contributed by atoms with Crippen molar-refractivity contribution in [3.8, 4) is 5.75 Å². The summed E-state index contributed by atoms with van der Waals surface area (Å²) in [5, 5.41) is 3.74.